The van der Waals surface area contributed by atoms with Crippen LogP contribution >= 0.6 is 0 Å². The number of nitrogens with zero attached hydrogens (tertiary/aromatic N) is 1. The molecule has 1 aromatic rings. The van der Waals surface area contributed by atoms with Crippen LogP contribution in [-0.4, -0.2) is 31.2 Å². The van der Waals surface area contributed by atoms with Gasteiger partial charge >= 0.3 is 0 Å². The Labute approximate surface area is 101 Å². The molecule has 0 saturated carbocycles. The number of hydrogen-bond acceptors (Lipinski definition) is 4. The third-order valence-corrected chi connectivity index (χ3v) is 3.35. The standard InChI is InChI=1S/C11H14N2O3S/c1-9(2)13-17(15,16)11-6-10(4-3-5-14)7-12-8-11/h6-9,13-14H,5H2,1-2H3. The highest BCUT2D eigenvalue weighted by Crippen LogP contribution is 2.09. The van der Waals surface area contributed by atoms with Gasteiger partial charge in [0.15, 0.2) is 0 Å². The maximum atomic E-state index is 11.8. The van der Waals surface area contributed by atoms with E-state index in [0.29, 0.717) is 5.56 Å². The van der Waals surface area contributed by atoms with E-state index in [1.165, 1.54) is 18.5 Å². The van der Waals surface area contributed by atoms with Crippen molar-refractivity contribution in [2.45, 2.75) is 24.8 Å². The molecule has 0 unspecified atom stereocenters. The molecule has 0 bridgehead atoms. The summed E-state index contributed by atoms with van der Waals surface area (Å²) in [5.74, 6) is 5.04. The van der Waals surface area contributed by atoms with Gasteiger partial charge in [0.2, 0.25) is 10.0 Å². The number of sulfonamides is 1. The van der Waals surface area contributed by atoms with E-state index in [0.717, 1.165) is 0 Å². The molecule has 0 aromatic carbocycles. The van der Waals surface area contributed by atoms with Gasteiger partial charge in [-0.3, -0.25) is 4.98 Å². The normalized spacial score (nSPS) is 11.1. The van der Waals surface area contributed by atoms with Crippen LogP contribution in [0.4, 0.5) is 0 Å². The van der Waals surface area contributed by atoms with Crippen LogP contribution in [0.15, 0.2) is 23.4 Å². The van der Waals surface area contributed by atoms with Crippen molar-refractivity contribution < 1.29 is 13.5 Å². The summed E-state index contributed by atoms with van der Waals surface area (Å²) in [4.78, 5) is 3.87. The second-order valence-corrected chi connectivity index (χ2v) is 5.36. The minimum absolute atomic E-state index is 0.0657. The molecule has 1 aromatic heterocycles. The van der Waals surface area contributed by atoms with Crippen LogP contribution in [-0.2, 0) is 10.0 Å². The Morgan fingerprint density at radius 1 is 1.47 bits per heavy atom. The third kappa shape index (κ3) is 4.15. The molecule has 0 fully saturated rings. The zero-order chi connectivity index (χ0) is 12.9. The minimum Gasteiger partial charge on any atom is -0.384 e. The molecule has 0 spiro atoms. The lowest BCUT2D eigenvalue weighted by molar-refractivity contribution is 0.350. The second-order valence-electron chi connectivity index (χ2n) is 3.65. The van der Waals surface area contributed by atoms with Crippen LogP contribution in [0.1, 0.15) is 19.4 Å². The van der Waals surface area contributed by atoms with Gasteiger partial charge in [0.1, 0.15) is 11.5 Å². The Kier molecular flexibility index (Phi) is 4.63. The fourth-order valence-corrected chi connectivity index (χ4v) is 2.39. The van der Waals surface area contributed by atoms with Crippen LogP contribution in [0.2, 0.25) is 0 Å². The lowest BCUT2D eigenvalue weighted by atomic mass is 10.3. The molecule has 0 saturated heterocycles. The van der Waals surface area contributed by atoms with Crippen LogP contribution in [0.3, 0.4) is 0 Å². The van der Waals surface area contributed by atoms with Crippen molar-refractivity contribution in [3.05, 3.63) is 24.0 Å². The summed E-state index contributed by atoms with van der Waals surface area (Å²) in [6, 6.07) is 1.23. The van der Waals surface area contributed by atoms with Crippen molar-refractivity contribution >= 4 is 10.0 Å². The molecule has 2 N–H and O–H groups in total. The number of rotatable bonds is 3. The van der Waals surface area contributed by atoms with Gasteiger partial charge < -0.3 is 5.11 Å². The first kappa shape index (κ1) is 13.6. The van der Waals surface area contributed by atoms with Gasteiger partial charge in [-0.1, -0.05) is 11.8 Å². The molecular weight excluding hydrogens is 240 g/mol. The first-order valence-electron chi connectivity index (χ1n) is 5.03. The van der Waals surface area contributed by atoms with E-state index in [1.54, 1.807) is 13.8 Å². The minimum atomic E-state index is -3.55. The highest BCUT2D eigenvalue weighted by Gasteiger charge is 2.15. The van der Waals surface area contributed by atoms with E-state index in [-0.39, 0.29) is 17.5 Å². The van der Waals surface area contributed by atoms with E-state index >= 15 is 0 Å². The quantitative estimate of drug-likeness (QED) is 0.750. The maximum absolute atomic E-state index is 11.8. The Morgan fingerprint density at radius 3 is 2.76 bits per heavy atom. The highest BCUT2D eigenvalue weighted by atomic mass is 32.2. The molecule has 0 radical (unpaired) electrons. The van der Waals surface area contributed by atoms with Gasteiger partial charge in [-0.2, -0.15) is 0 Å². The number of aliphatic hydroxyl groups is 1. The van der Waals surface area contributed by atoms with Gasteiger partial charge in [-0.05, 0) is 19.9 Å². The molecule has 0 amide bonds. The molecule has 1 heterocycles. The van der Waals surface area contributed by atoms with E-state index < -0.39 is 10.0 Å². The van der Waals surface area contributed by atoms with Crippen LogP contribution < -0.4 is 4.72 Å². The topological polar surface area (TPSA) is 79.3 Å². The van der Waals surface area contributed by atoms with Gasteiger partial charge in [-0.25, -0.2) is 13.1 Å². The molecule has 6 heteroatoms. The number of aromatic nitrogens is 1. The van der Waals surface area contributed by atoms with Gasteiger partial charge in [0.05, 0.1) is 0 Å². The zero-order valence-electron chi connectivity index (χ0n) is 9.64. The van der Waals surface area contributed by atoms with Crippen molar-refractivity contribution in [2.75, 3.05) is 6.61 Å². The smallest absolute Gasteiger partial charge is 0.242 e. The molecule has 0 aliphatic heterocycles. The SMILES string of the molecule is CC(C)NS(=O)(=O)c1cncc(C#CCO)c1. The molecule has 0 aliphatic rings. The average Bonchev–Trinajstić information content (AvgIpc) is 2.25. The summed E-state index contributed by atoms with van der Waals surface area (Å²) in [6.45, 7) is 3.20. The van der Waals surface area contributed by atoms with Gasteiger partial charge in [0, 0.05) is 24.0 Å². The predicted molar refractivity (Wildman–Crippen MR) is 63.7 cm³/mol. The lowest BCUT2D eigenvalue weighted by Gasteiger charge is -2.09. The van der Waals surface area contributed by atoms with E-state index in [9.17, 15) is 8.42 Å². The maximum Gasteiger partial charge on any atom is 0.242 e. The number of nitrogens with one attached hydrogen (secondary N) is 1. The molecule has 5 nitrogen and oxygen atoms in total. The van der Waals surface area contributed by atoms with Crippen molar-refractivity contribution in [2.24, 2.45) is 0 Å². The van der Waals surface area contributed by atoms with E-state index in [1.807, 2.05) is 0 Å². The van der Waals surface area contributed by atoms with Crippen molar-refractivity contribution in [3.8, 4) is 11.8 Å². The Bertz CT molecular complexity index is 541. The molecule has 92 valence electrons. The van der Waals surface area contributed by atoms with Crippen molar-refractivity contribution in [3.63, 3.8) is 0 Å². The van der Waals surface area contributed by atoms with E-state index in [4.69, 9.17) is 5.11 Å². The zero-order valence-corrected chi connectivity index (χ0v) is 10.5. The predicted octanol–water partition coefficient (Wildman–Crippen LogP) is 0.112. The Hall–Kier alpha value is -1.42. The summed E-state index contributed by atoms with van der Waals surface area (Å²) in [5.41, 5.74) is 0.450. The van der Waals surface area contributed by atoms with Crippen molar-refractivity contribution in [1.29, 1.82) is 0 Å². The number of pyridine rings is 1. The Morgan fingerprint density at radius 2 is 2.18 bits per heavy atom. The summed E-state index contributed by atoms with van der Waals surface area (Å²) in [5, 5.41) is 8.55. The fourth-order valence-electron chi connectivity index (χ4n) is 1.15. The highest BCUT2D eigenvalue weighted by molar-refractivity contribution is 7.89. The Balaban J connectivity index is 3.07. The summed E-state index contributed by atoms with van der Waals surface area (Å²) in [6.07, 6.45) is 2.70. The lowest BCUT2D eigenvalue weighted by Crippen LogP contribution is -2.30. The van der Waals surface area contributed by atoms with Crippen LogP contribution in [0.25, 0.3) is 0 Å². The second kappa shape index (κ2) is 5.77. The van der Waals surface area contributed by atoms with Gasteiger partial charge in [-0.15, -0.1) is 0 Å². The summed E-state index contributed by atoms with van der Waals surface area (Å²) in [7, 11) is -3.55. The molecule has 1 rings (SSSR count). The fraction of sp³-hybridized carbons (Fsp3) is 0.364. The molecule has 0 atom stereocenters. The van der Waals surface area contributed by atoms with Crippen molar-refractivity contribution in [1.82, 2.24) is 9.71 Å². The average molecular weight is 254 g/mol. The van der Waals surface area contributed by atoms with Gasteiger partial charge in [0.25, 0.3) is 0 Å². The molecule has 17 heavy (non-hydrogen) atoms. The molecule has 0 aliphatic carbocycles. The number of aliphatic hydroxyl groups excluding tert-OH is 1. The summed E-state index contributed by atoms with van der Waals surface area (Å²) >= 11 is 0. The summed E-state index contributed by atoms with van der Waals surface area (Å²) < 4.78 is 26.1. The monoisotopic (exact) mass is 254 g/mol. The number of hydrogen-bond donors (Lipinski definition) is 2. The first-order chi connectivity index (χ1) is 7.95. The van der Waals surface area contributed by atoms with E-state index in [2.05, 4.69) is 21.5 Å². The largest absolute Gasteiger partial charge is 0.384 e. The van der Waals surface area contributed by atoms with Crippen LogP contribution in [0.5, 0.6) is 0 Å². The molecular formula is C11H14N2O3S. The van der Waals surface area contributed by atoms with Crippen LogP contribution in [0, 0.1) is 11.8 Å². The third-order valence-electron chi connectivity index (χ3n) is 1.73. The first-order valence-corrected chi connectivity index (χ1v) is 6.51.